The van der Waals surface area contributed by atoms with E-state index in [1.165, 1.54) is 0 Å². The van der Waals surface area contributed by atoms with Gasteiger partial charge in [-0.2, -0.15) is 0 Å². The molecule has 2 aromatic rings. The normalized spacial score (nSPS) is 14.9. The molecule has 0 aliphatic heterocycles. The molecule has 0 unspecified atom stereocenters. The van der Waals surface area contributed by atoms with Gasteiger partial charge in [-0.25, -0.2) is 0 Å². The number of hydrogen-bond acceptors (Lipinski definition) is 4. The molecule has 4 heteroatoms. The topological polar surface area (TPSA) is 44.8 Å². The van der Waals surface area contributed by atoms with Gasteiger partial charge in [0.05, 0.1) is 20.8 Å². The van der Waals surface area contributed by atoms with Crippen LogP contribution in [0.15, 0.2) is 42.0 Å². The summed E-state index contributed by atoms with van der Waals surface area (Å²) in [6.07, 6.45) is 4.43. The maximum atomic E-state index is 12.8. The number of fused-ring (bicyclic) bond motifs is 1. The van der Waals surface area contributed by atoms with Crippen molar-refractivity contribution < 1.29 is 19.0 Å². The second kappa shape index (κ2) is 8.09. The second-order valence-corrected chi connectivity index (χ2v) is 6.28. The van der Waals surface area contributed by atoms with E-state index < -0.39 is 0 Å². The quantitative estimate of drug-likeness (QED) is 0.707. The minimum atomic E-state index is 0.0840. The van der Waals surface area contributed by atoms with Crippen LogP contribution in [0.25, 0.3) is 6.08 Å². The van der Waals surface area contributed by atoms with Crippen molar-refractivity contribution in [1.82, 2.24) is 0 Å². The van der Waals surface area contributed by atoms with Crippen LogP contribution in [0.3, 0.4) is 0 Å². The lowest BCUT2D eigenvalue weighted by Crippen LogP contribution is -2.14. The Hall–Kier alpha value is -2.75. The van der Waals surface area contributed by atoms with Gasteiger partial charge >= 0.3 is 0 Å². The summed E-state index contributed by atoms with van der Waals surface area (Å²) in [4.78, 5) is 12.8. The Kier molecular flexibility index (Phi) is 5.61. The van der Waals surface area contributed by atoms with Gasteiger partial charge < -0.3 is 14.2 Å². The molecule has 136 valence electrons. The summed E-state index contributed by atoms with van der Waals surface area (Å²) in [5, 5.41) is 0. The van der Waals surface area contributed by atoms with Gasteiger partial charge in [-0.15, -0.1) is 0 Å². The van der Waals surface area contributed by atoms with Crippen molar-refractivity contribution in [3.63, 3.8) is 0 Å². The third kappa shape index (κ3) is 3.74. The molecular formula is C22H24O4. The summed E-state index contributed by atoms with van der Waals surface area (Å²) in [5.74, 6) is 2.28. The molecule has 0 saturated carbocycles. The Bertz CT molecular complexity index is 836. The van der Waals surface area contributed by atoms with Gasteiger partial charge in [0.2, 0.25) is 0 Å². The Labute approximate surface area is 154 Å². The van der Waals surface area contributed by atoms with E-state index in [9.17, 15) is 4.79 Å². The van der Waals surface area contributed by atoms with Gasteiger partial charge in [-0.1, -0.05) is 13.0 Å². The molecule has 26 heavy (non-hydrogen) atoms. The number of aryl methyl sites for hydroxylation is 1. The Morgan fingerprint density at radius 1 is 1.00 bits per heavy atom. The first kappa shape index (κ1) is 18.1. The van der Waals surface area contributed by atoms with Crippen molar-refractivity contribution in [3.05, 3.63) is 58.7 Å². The largest absolute Gasteiger partial charge is 0.497 e. The average molecular weight is 352 g/mol. The van der Waals surface area contributed by atoms with Gasteiger partial charge in [0.1, 0.15) is 5.75 Å². The van der Waals surface area contributed by atoms with Crippen LogP contribution in [-0.2, 0) is 6.42 Å². The summed E-state index contributed by atoms with van der Waals surface area (Å²) in [5.41, 5.74) is 3.57. The molecule has 0 aromatic heterocycles. The predicted octanol–water partition coefficient (Wildman–Crippen LogP) is 4.71. The highest BCUT2D eigenvalue weighted by Gasteiger charge is 2.22. The van der Waals surface area contributed by atoms with Crippen LogP contribution >= 0.6 is 0 Å². The van der Waals surface area contributed by atoms with Crippen LogP contribution in [0.1, 0.15) is 41.3 Å². The van der Waals surface area contributed by atoms with Crippen molar-refractivity contribution in [2.24, 2.45) is 0 Å². The molecule has 0 spiro atoms. The number of ether oxygens (including phenoxy) is 3. The maximum Gasteiger partial charge on any atom is 0.189 e. The number of allylic oxidation sites excluding steroid dienone is 1. The number of ketones is 1. The summed E-state index contributed by atoms with van der Waals surface area (Å²) in [7, 11) is 3.27. The number of carbonyl (C=O) groups is 1. The Morgan fingerprint density at radius 2 is 1.85 bits per heavy atom. The van der Waals surface area contributed by atoms with Crippen molar-refractivity contribution >= 4 is 11.9 Å². The first-order chi connectivity index (χ1) is 12.7. The van der Waals surface area contributed by atoms with E-state index in [1.807, 2.05) is 42.5 Å². The Balaban J connectivity index is 1.89. The van der Waals surface area contributed by atoms with Crippen LogP contribution < -0.4 is 14.2 Å². The highest BCUT2D eigenvalue weighted by molar-refractivity contribution is 6.13. The first-order valence-electron chi connectivity index (χ1n) is 8.89. The SMILES string of the molecule is CCCOc1cc(/C=C2\CCc3cc(OC)ccc3C2=O)ccc1OC. The van der Waals surface area contributed by atoms with Crippen LogP contribution in [0, 0.1) is 0 Å². The van der Waals surface area contributed by atoms with Crippen LogP contribution in [0.4, 0.5) is 0 Å². The number of carbonyl (C=O) groups excluding carboxylic acids is 1. The van der Waals surface area contributed by atoms with Gasteiger partial charge in [0.25, 0.3) is 0 Å². The van der Waals surface area contributed by atoms with E-state index in [0.717, 1.165) is 47.3 Å². The van der Waals surface area contributed by atoms with Gasteiger partial charge in [0.15, 0.2) is 17.3 Å². The number of Topliss-reactive ketones (excluding diaryl/α,β-unsaturated/α-hetero) is 1. The lowest BCUT2D eigenvalue weighted by molar-refractivity contribution is 0.102. The van der Waals surface area contributed by atoms with Crippen molar-refractivity contribution in [1.29, 1.82) is 0 Å². The molecule has 1 aliphatic rings. The fourth-order valence-corrected chi connectivity index (χ4v) is 3.13. The van der Waals surface area contributed by atoms with Crippen molar-refractivity contribution in [3.8, 4) is 17.2 Å². The van der Waals surface area contributed by atoms with Crippen LogP contribution in [-0.4, -0.2) is 26.6 Å². The monoisotopic (exact) mass is 352 g/mol. The minimum absolute atomic E-state index is 0.0840. The zero-order valence-electron chi connectivity index (χ0n) is 15.5. The fraction of sp³-hybridized carbons (Fsp3) is 0.318. The number of methoxy groups -OCH3 is 2. The molecule has 0 saturated heterocycles. The van der Waals surface area contributed by atoms with E-state index in [0.29, 0.717) is 18.1 Å². The predicted molar refractivity (Wildman–Crippen MR) is 102 cm³/mol. The number of benzene rings is 2. The second-order valence-electron chi connectivity index (χ2n) is 6.28. The van der Waals surface area contributed by atoms with Gasteiger partial charge in [0, 0.05) is 11.1 Å². The maximum absolute atomic E-state index is 12.8. The highest BCUT2D eigenvalue weighted by atomic mass is 16.5. The molecular weight excluding hydrogens is 328 g/mol. The molecule has 0 atom stereocenters. The molecule has 0 bridgehead atoms. The summed E-state index contributed by atoms with van der Waals surface area (Å²) >= 11 is 0. The van der Waals surface area contributed by atoms with E-state index in [-0.39, 0.29) is 5.78 Å². The first-order valence-corrected chi connectivity index (χ1v) is 8.89. The Morgan fingerprint density at radius 3 is 2.58 bits per heavy atom. The van der Waals surface area contributed by atoms with E-state index in [1.54, 1.807) is 14.2 Å². The molecule has 1 aliphatic carbocycles. The van der Waals surface area contributed by atoms with Crippen molar-refractivity contribution in [2.45, 2.75) is 26.2 Å². The zero-order valence-corrected chi connectivity index (χ0v) is 15.5. The number of hydrogen-bond donors (Lipinski definition) is 0. The molecule has 4 nitrogen and oxygen atoms in total. The van der Waals surface area contributed by atoms with Crippen molar-refractivity contribution in [2.75, 3.05) is 20.8 Å². The highest BCUT2D eigenvalue weighted by Crippen LogP contribution is 2.32. The third-order valence-electron chi connectivity index (χ3n) is 4.50. The van der Waals surface area contributed by atoms with Gasteiger partial charge in [-0.05, 0) is 66.8 Å². The molecule has 3 rings (SSSR count). The van der Waals surface area contributed by atoms with Crippen LogP contribution in [0.5, 0.6) is 17.2 Å². The minimum Gasteiger partial charge on any atom is -0.497 e. The third-order valence-corrected chi connectivity index (χ3v) is 4.50. The van der Waals surface area contributed by atoms with E-state index in [4.69, 9.17) is 14.2 Å². The zero-order chi connectivity index (χ0) is 18.5. The molecule has 0 fully saturated rings. The smallest absolute Gasteiger partial charge is 0.189 e. The lowest BCUT2D eigenvalue weighted by Gasteiger charge is -2.18. The summed E-state index contributed by atoms with van der Waals surface area (Å²) in [6.45, 7) is 2.69. The van der Waals surface area contributed by atoms with E-state index in [2.05, 4.69) is 6.92 Å². The molecule has 0 N–H and O–H groups in total. The summed E-state index contributed by atoms with van der Waals surface area (Å²) in [6, 6.07) is 11.4. The molecule has 0 heterocycles. The lowest BCUT2D eigenvalue weighted by atomic mass is 9.86. The van der Waals surface area contributed by atoms with Crippen LogP contribution in [0.2, 0.25) is 0 Å². The summed E-state index contributed by atoms with van der Waals surface area (Å²) < 4.78 is 16.4. The molecule has 0 amide bonds. The average Bonchev–Trinajstić information content (AvgIpc) is 2.68. The fourth-order valence-electron chi connectivity index (χ4n) is 3.13. The standard InChI is InChI=1S/C22H24O4/c1-4-11-26-21-13-15(5-10-20(21)25-3)12-17-7-6-16-14-18(24-2)8-9-19(16)22(17)23/h5,8-10,12-14H,4,6-7,11H2,1-3H3/b17-12+. The number of rotatable bonds is 6. The van der Waals surface area contributed by atoms with E-state index >= 15 is 0 Å². The van der Waals surface area contributed by atoms with Gasteiger partial charge in [-0.3, -0.25) is 4.79 Å². The molecule has 2 aromatic carbocycles. The molecule has 0 radical (unpaired) electrons.